The van der Waals surface area contributed by atoms with Crippen molar-refractivity contribution in [2.24, 2.45) is 0 Å². The van der Waals surface area contributed by atoms with Crippen molar-refractivity contribution >= 4 is 16.8 Å². The fourth-order valence-electron chi connectivity index (χ4n) is 5.13. The van der Waals surface area contributed by atoms with Crippen molar-refractivity contribution in [2.75, 3.05) is 0 Å². The standard InChI is InChI=1S/C33H32N2O3/c1-21-10-12-28(22(2)16-21)29(25-8-6-5-7-9-25)20-27(36)18-24-11-13-30-26(17-24)19-32(38-30)33(4,37)31-14-15-34-23(3)35-31/h5-17,19,29,37H,18,20H2,1-4H3/t29-,33?/m0/s1. The lowest BCUT2D eigenvalue weighted by Crippen LogP contribution is -2.24. The van der Waals surface area contributed by atoms with Gasteiger partial charge < -0.3 is 9.52 Å². The van der Waals surface area contributed by atoms with Crippen LogP contribution in [0, 0.1) is 20.8 Å². The normalized spacial score (nSPS) is 13.8. The van der Waals surface area contributed by atoms with Crippen LogP contribution < -0.4 is 0 Å². The van der Waals surface area contributed by atoms with E-state index in [1.54, 1.807) is 26.1 Å². The molecule has 38 heavy (non-hydrogen) atoms. The molecular formula is C33H32N2O3. The van der Waals surface area contributed by atoms with E-state index >= 15 is 0 Å². The summed E-state index contributed by atoms with van der Waals surface area (Å²) in [6.45, 7) is 7.65. The molecule has 2 heterocycles. The van der Waals surface area contributed by atoms with Crippen LogP contribution in [0.15, 0.2) is 89.5 Å². The molecule has 1 N–H and O–H groups in total. The first-order valence-corrected chi connectivity index (χ1v) is 12.9. The van der Waals surface area contributed by atoms with Crippen LogP contribution in [-0.4, -0.2) is 20.9 Å². The highest BCUT2D eigenvalue weighted by molar-refractivity contribution is 5.85. The number of furan rings is 1. The predicted octanol–water partition coefficient (Wildman–Crippen LogP) is 6.74. The van der Waals surface area contributed by atoms with E-state index in [0.717, 1.165) is 16.5 Å². The quantitative estimate of drug-likeness (QED) is 0.253. The topological polar surface area (TPSA) is 76.2 Å². The number of nitrogens with zero attached hydrogens (tertiary/aromatic N) is 2. The van der Waals surface area contributed by atoms with Crippen molar-refractivity contribution in [3.05, 3.63) is 130 Å². The number of rotatable bonds is 8. The lowest BCUT2D eigenvalue weighted by molar-refractivity contribution is -0.118. The maximum Gasteiger partial charge on any atom is 0.161 e. The molecule has 5 heteroatoms. The van der Waals surface area contributed by atoms with Crippen molar-refractivity contribution in [1.29, 1.82) is 0 Å². The van der Waals surface area contributed by atoms with Crippen LogP contribution in [0.1, 0.15) is 64.4 Å². The Labute approximate surface area is 223 Å². The molecule has 0 aliphatic carbocycles. The van der Waals surface area contributed by atoms with Gasteiger partial charge in [0, 0.05) is 30.3 Å². The lowest BCUT2D eigenvalue weighted by atomic mass is 9.83. The summed E-state index contributed by atoms with van der Waals surface area (Å²) in [4.78, 5) is 21.9. The van der Waals surface area contributed by atoms with E-state index in [9.17, 15) is 9.90 Å². The molecule has 5 aromatic rings. The van der Waals surface area contributed by atoms with Gasteiger partial charge in [0.2, 0.25) is 0 Å². The van der Waals surface area contributed by atoms with E-state index in [1.807, 2.05) is 42.5 Å². The number of hydrogen-bond donors (Lipinski definition) is 1. The van der Waals surface area contributed by atoms with Crippen LogP contribution in [0.2, 0.25) is 0 Å². The van der Waals surface area contributed by atoms with E-state index in [0.29, 0.717) is 35.7 Å². The third-order valence-electron chi connectivity index (χ3n) is 7.17. The monoisotopic (exact) mass is 504 g/mol. The number of ketones is 1. The zero-order valence-electron chi connectivity index (χ0n) is 22.2. The first-order valence-electron chi connectivity index (χ1n) is 12.9. The number of benzene rings is 3. The van der Waals surface area contributed by atoms with E-state index < -0.39 is 5.60 Å². The average molecular weight is 505 g/mol. The van der Waals surface area contributed by atoms with Crippen molar-refractivity contribution in [1.82, 2.24) is 9.97 Å². The molecule has 2 aromatic heterocycles. The Morgan fingerprint density at radius 1 is 0.974 bits per heavy atom. The first kappa shape index (κ1) is 25.6. The van der Waals surface area contributed by atoms with Gasteiger partial charge in [-0.3, -0.25) is 4.79 Å². The molecule has 2 atom stereocenters. The van der Waals surface area contributed by atoms with Crippen LogP contribution in [0.4, 0.5) is 0 Å². The van der Waals surface area contributed by atoms with Gasteiger partial charge in [0.1, 0.15) is 23.0 Å². The minimum Gasteiger partial charge on any atom is -0.458 e. The zero-order valence-corrected chi connectivity index (χ0v) is 22.2. The molecule has 192 valence electrons. The Morgan fingerprint density at radius 3 is 2.50 bits per heavy atom. The number of carbonyl (C=O) groups excluding carboxylic acids is 1. The minimum atomic E-state index is -1.41. The molecule has 0 amide bonds. The molecule has 0 radical (unpaired) electrons. The highest BCUT2D eigenvalue weighted by Crippen LogP contribution is 2.34. The van der Waals surface area contributed by atoms with Gasteiger partial charge in [-0.25, -0.2) is 9.97 Å². The Kier molecular flexibility index (Phi) is 6.96. The van der Waals surface area contributed by atoms with Crippen molar-refractivity contribution < 1.29 is 14.3 Å². The van der Waals surface area contributed by atoms with Crippen molar-refractivity contribution in [3.8, 4) is 0 Å². The summed E-state index contributed by atoms with van der Waals surface area (Å²) in [5, 5.41) is 12.1. The molecule has 5 nitrogen and oxygen atoms in total. The van der Waals surface area contributed by atoms with Gasteiger partial charge in [-0.2, -0.15) is 0 Å². The Hall–Kier alpha value is -4.09. The highest BCUT2D eigenvalue weighted by Gasteiger charge is 2.31. The summed E-state index contributed by atoms with van der Waals surface area (Å²) >= 11 is 0. The maximum absolute atomic E-state index is 13.4. The molecule has 5 rings (SSSR count). The average Bonchev–Trinajstić information content (AvgIpc) is 3.33. The minimum absolute atomic E-state index is 0.0000235. The Morgan fingerprint density at radius 2 is 1.76 bits per heavy atom. The number of aliphatic hydroxyl groups is 1. The van der Waals surface area contributed by atoms with Crippen LogP contribution in [0.25, 0.3) is 11.0 Å². The number of hydrogen-bond acceptors (Lipinski definition) is 5. The summed E-state index contributed by atoms with van der Waals surface area (Å²) < 4.78 is 5.99. The van der Waals surface area contributed by atoms with Crippen LogP contribution in [0.5, 0.6) is 0 Å². The Bertz CT molecular complexity index is 1600. The molecule has 0 aliphatic rings. The summed E-state index contributed by atoms with van der Waals surface area (Å²) in [6, 6.07) is 26.0. The number of aromatic nitrogens is 2. The van der Waals surface area contributed by atoms with Crippen LogP contribution in [0.3, 0.4) is 0 Å². The molecule has 0 fully saturated rings. The lowest BCUT2D eigenvalue weighted by Gasteiger charge is -2.20. The van der Waals surface area contributed by atoms with Gasteiger partial charge in [-0.15, -0.1) is 0 Å². The molecular weight excluding hydrogens is 472 g/mol. The van der Waals surface area contributed by atoms with Gasteiger partial charge in [0.15, 0.2) is 5.60 Å². The Balaban J connectivity index is 1.39. The maximum atomic E-state index is 13.4. The predicted molar refractivity (Wildman–Crippen MR) is 149 cm³/mol. The third kappa shape index (κ3) is 5.29. The molecule has 0 bridgehead atoms. The number of Topliss-reactive ketones (excluding diaryl/α,β-unsaturated/α-hetero) is 1. The summed E-state index contributed by atoms with van der Waals surface area (Å²) in [6.07, 6.45) is 2.37. The summed E-state index contributed by atoms with van der Waals surface area (Å²) in [5.41, 5.74) is 5.38. The van der Waals surface area contributed by atoms with Crippen LogP contribution in [-0.2, 0) is 16.8 Å². The molecule has 3 aromatic carbocycles. The summed E-state index contributed by atoms with van der Waals surface area (Å²) in [5.74, 6) is 1.15. The van der Waals surface area contributed by atoms with Gasteiger partial charge in [-0.05, 0) is 74.2 Å². The molecule has 0 aliphatic heterocycles. The summed E-state index contributed by atoms with van der Waals surface area (Å²) in [7, 11) is 0. The van der Waals surface area contributed by atoms with Gasteiger partial charge >= 0.3 is 0 Å². The van der Waals surface area contributed by atoms with Crippen molar-refractivity contribution in [3.63, 3.8) is 0 Å². The number of aryl methyl sites for hydroxylation is 3. The second-order valence-corrected chi connectivity index (χ2v) is 10.3. The number of carbonyl (C=O) groups is 1. The van der Waals surface area contributed by atoms with Gasteiger partial charge in [0.05, 0.1) is 5.69 Å². The second-order valence-electron chi connectivity index (χ2n) is 10.3. The molecule has 0 saturated carbocycles. The molecule has 0 saturated heterocycles. The largest absolute Gasteiger partial charge is 0.458 e. The van der Waals surface area contributed by atoms with E-state index in [-0.39, 0.29) is 11.7 Å². The molecule has 1 unspecified atom stereocenters. The van der Waals surface area contributed by atoms with E-state index in [1.165, 1.54) is 16.7 Å². The van der Waals surface area contributed by atoms with E-state index in [4.69, 9.17) is 4.42 Å². The third-order valence-corrected chi connectivity index (χ3v) is 7.17. The fourth-order valence-corrected chi connectivity index (χ4v) is 5.13. The first-order chi connectivity index (χ1) is 18.2. The smallest absolute Gasteiger partial charge is 0.161 e. The van der Waals surface area contributed by atoms with Crippen molar-refractivity contribution in [2.45, 2.75) is 52.1 Å². The van der Waals surface area contributed by atoms with E-state index in [2.05, 4.69) is 54.1 Å². The fraction of sp³-hybridized carbons (Fsp3) is 0.242. The number of fused-ring (bicyclic) bond motifs is 1. The SMILES string of the molecule is Cc1ccc([C@@H](CC(=O)Cc2ccc3oc(C(C)(O)c4ccnc(C)n4)cc3c2)c2ccccc2)c(C)c1. The molecule has 0 spiro atoms. The highest BCUT2D eigenvalue weighted by atomic mass is 16.4. The zero-order chi connectivity index (χ0) is 26.9. The second kappa shape index (κ2) is 10.3. The van der Waals surface area contributed by atoms with Crippen LogP contribution >= 0.6 is 0 Å². The van der Waals surface area contributed by atoms with Gasteiger partial charge in [0.25, 0.3) is 0 Å². The van der Waals surface area contributed by atoms with Gasteiger partial charge in [-0.1, -0.05) is 60.2 Å².